The molecule has 0 saturated heterocycles. The first-order valence-corrected chi connectivity index (χ1v) is 7.66. The zero-order valence-electron chi connectivity index (χ0n) is 11.2. The Balaban J connectivity index is 1.88. The van der Waals surface area contributed by atoms with Gasteiger partial charge in [-0.2, -0.15) is 0 Å². The van der Waals surface area contributed by atoms with Crippen LogP contribution in [0.5, 0.6) is 5.75 Å². The van der Waals surface area contributed by atoms with E-state index >= 15 is 0 Å². The topological polar surface area (TPSA) is 38.3 Å². The second-order valence-electron chi connectivity index (χ2n) is 5.19. The van der Waals surface area contributed by atoms with E-state index in [0.717, 1.165) is 36.7 Å². The van der Waals surface area contributed by atoms with Gasteiger partial charge in [-0.15, -0.1) is 13.2 Å². The summed E-state index contributed by atoms with van der Waals surface area (Å²) in [6, 6.07) is 4.91. The van der Waals surface area contributed by atoms with Crippen molar-refractivity contribution in [3.63, 3.8) is 0 Å². The summed E-state index contributed by atoms with van der Waals surface area (Å²) in [7, 11) is 0. The molecule has 0 aromatic heterocycles. The van der Waals surface area contributed by atoms with Crippen molar-refractivity contribution in [2.75, 3.05) is 11.9 Å². The second-order valence-corrected chi connectivity index (χ2v) is 5.99. The van der Waals surface area contributed by atoms with E-state index < -0.39 is 6.36 Å². The Morgan fingerprint density at radius 1 is 1.29 bits per heavy atom. The lowest BCUT2D eigenvalue weighted by molar-refractivity contribution is -0.274. The van der Waals surface area contributed by atoms with Crippen molar-refractivity contribution in [2.45, 2.75) is 25.6 Å². The molecule has 2 rings (SSSR count). The van der Waals surface area contributed by atoms with E-state index in [0.29, 0.717) is 12.1 Å². The zero-order valence-corrected chi connectivity index (χ0v) is 12.8. The SMILES string of the molecule is O=C(NCC1(CCBr)CC1)c1ccc(OC(F)(F)F)cc1. The van der Waals surface area contributed by atoms with Gasteiger partial charge in [0.25, 0.3) is 5.91 Å². The van der Waals surface area contributed by atoms with Crippen LogP contribution in [0.1, 0.15) is 29.6 Å². The van der Waals surface area contributed by atoms with Crippen LogP contribution in [0.15, 0.2) is 24.3 Å². The standard InChI is InChI=1S/C14H15BrF3NO2/c15-8-7-13(5-6-13)9-19-12(20)10-1-3-11(4-2-10)21-14(16,17)18/h1-4H,5-9H2,(H,19,20). The quantitative estimate of drug-likeness (QED) is 0.776. The Bertz CT molecular complexity index is 498. The number of halogens is 4. The molecule has 7 heteroatoms. The van der Waals surface area contributed by atoms with Gasteiger partial charge in [0.15, 0.2) is 0 Å². The van der Waals surface area contributed by atoms with Crippen molar-refractivity contribution in [3.8, 4) is 5.75 Å². The number of hydrogen-bond acceptors (Lipinski definition) is 2. The first kappa shape index (κ1) is 16.1. The van der Waals surface area contributed by atoms with Gasteiger partial charge in [-0.25, -0.2) is 0 Å². The fourth-order valence-electron chi connectivity index (χ4n) is 2.07. The fraction of sp³-hybridized carbons (Fsp3) is 0.500. The minimum Gasteiger partial charge on any atom is -0.406 e. The maximum Gasteiger partial charge on any atom is 0.573 e. The van der Waals surface area contributed by atoms with E-state index in [2.05, 4.69) is 26.0 Å². The fourth-order valence-corrected chi connectivity index (χ4v) is 2.91. The molecule has 1 aromatic carbocycles. The molecule has 1 aliphatic rings. The number of carbonyl (C=O) groups excluding carboxylic acids is 1. The normalized spacial score (nSPS) is 16.4. The maximum atomic E-state index is 12.0. The summed E-state index contributed by atoms with van der Waals surface area (Å²) in [5, 5.41) is 3.73. The van der Waals surface area contributed by atoms with Crippen LogP contribution in [0.25, 0.3) is 0 Å². The highest BCUT2D eigenvalue weighted by Crippen LogP contribution is 2.48. The van der Waals surface area contributed by atoms with E-state index in [9.17, 15) is 18.0 Å². The first-order valence-electron chi connectivity index (χ1n) is 6.54. The molecule has 0 aliphatic heterocycles. The number of benzene rings is 1. The summed E-state index contributed by atoms with van der Waals surface area (Å²) >= 11 is 3.39. The van der Waals surface area contributed by atoms with E-state index in [4.69, 9.17) is 0 Å². The minimum atomic E-state index is -4.72. The van der Waals surface area contributed by atoms with E-state index in [1.54, 1.807) is 0 Å². The Kier molecular flexibility index (Phi) is 4.81. The van der Waals surface area contributed by atoms with Gasteiger partial charge in [-0.3, -0.25) is 4.79 Å². The summed E-state index contributed by atoms with van der Waals surface area (Å²) in [5.74, 6) is -0.619. The third-order valence-corrected chi connectivity index (χ3v) is 3.95. The smallest absolute Gasteiger partial charge is 0.406 e. The van der Waals surface area contributed by atoms with Crippen LogP contribution in [-0.2, 0) is 0 Å². The third-order valence-electron chi connectivity index (χ3n) is 3.56. The average molecular weight is 366 g/mol. The summed E-state index contributed by atoms with van der Waals surface area (Å²) in [4.78, 5) is 11.9. The molecule has 0 radical (unpaired) electrons. The van der Waals surface area contributed by atoms with Crippen LogP contribution >= 0.6 is 15.9 Å². The number of rotatable bonds is 6. The van der Waals surface area contributed by atoms with Crippen molar-refractivity contribution < 1.29 is 22.7 Å². The largest absolute Gasteiger partial charge is 0.573 e. The summed E-state index contributed by atoms with van der Waals surface area (Å²) in [5.41, 5.74) is 0.512. The number of ether oxygens (including phenoxy) is 1. The first-order chi connectivity index (χ1) is 9.84. The molecule has 21 heavy (non-hydrogen) atoms. The van der Waals surface area contributed by atoms with E-state index in [1.165, 1.54) is 12.1 Å². The van der Waals surface area contributed by atoms with Crippen molar-refractivity contribution >= 4 is 21.8 Å². The molecule has 1 aliphatic carbocycles. The zero-order chi connectivity index (χ0) is 15.5. The van der Waals surface area contributed by atoms with Crippen molar-refractivity contribution in [1.29, 1.82) is 0 Å². The van der Waals surface area contributed by atoms with Gasteiger partial charge in [0.05, 0.1) is 0 Å². The Morgan fingerprint density at radius 2 is 1.90 bits per heavy atom. The predicted octanol–water partition coefficient (Wildman–Crippen LogP) is 3.88. The molecule has 116 valence electrons. The van der Waals surface area contributed by atoms with Crippen LogP contribution in [0.2, 0.25) is 0 Å². The molecule has 1 saturated carbocycles. The van der Waals surface area contributed by atoms with E-state index in [1.807, 2.05) is 0 Å². The molecular weight excluding hydrogens is 351 g/mol. The second kappa shape index (κ2) is 6.25. The Morgan fingerprint density at radius 3 is 2.38 bits per heavy atom. The van der Waals surface area contributed by atoms with Gasteiger partial charge in [-0.1, -0.05) is 15.9 Å². The van der Waals surface area contributed by atoms with Crippen LogP contribution in [-0.4, -0.2) is 24.1 Å². The van der Waals surface area contributed by atoms with Gasteiger partial charge in [0.2, 0.25) is 0 Å². The molecule has 1 fully saturated rings. The molecule has 0 atom stereocenters. The van der Waals surface area contributed by atoms with Gasteiger partial charge < -0.3 is 10.1 Å². The van der Waals surface area contributed by atoms with Gasteiger partial charge >= 0.3 is 6.36 Å². The Labute approximate surface area is 129 Å². The van der Waals surface area contributed by atoms with Crippen molar-refractivity contribution in [2.24, 2.45) is 5.41 Å². The lowest BCUT2D eigenvalue weighted by Gasteiger charge is -2.14. The van der Waals surface area contributed by atoms with Crippen LogP contribution in [0, 0.1) is 5.41 Å². The van der Waals surface area contributed by atoms with Gasteiger partial charge in [-0.05, 0) is 48.9 Å². The van der Waals surface area contributed by atoms with Crippen LogP contribution < -0.4 is 10.1 Å². The van der Waals surface area contributed by atoms with E-state index in [-0.39, 0.29) is 17.1 Å². The molecule has 0 heterocycles. The number of alkyl halides is 4. The molecule has 3 nitrogen and oxygen atoms in total. The lowest BCUT2D eigenvalue weighted by atomic mass is 10.0. The number of amides is 1. The lowest BCUT2D eigenvalue weighted by Crippen LogP contribution is -2.30. The predicted molar refractivity (Wildman–Crippen MR) is 75.5 cm³/mol. The third kappa shape index (κ3) is 4.91. The average Bonchev–Trinajstić information content (AvgIpc) is 3.16. The minimum absolute atomic E-state index is 0.193. The molecule has 1 aromatic rings. The molecule has 0 bridgehead atoms. The van der Waals surface area contributed by atoms with Crippen LogP contribution in [0.3, 0.4) is 0 Å². The van der Waals surface area contributed by atoms with Gasteiger partial charge in [0.1, 0.15) is 5.75 Å². The number of carbonyl (C=O) groups is 1. The summed E-state index contributed by atoms with van der Waals surface area (Å²) in [6.07, 6.45) is -1.53. The highest BCUT2D eigenvalue weighted by Gasteiger charge is 2.41. The van der Waals surface area contributed by atoms with Crippen molar-refractivity contribution in [3.05, 3.63) is 29.8 Å². The Hall–Kier alpha value is -1.24. The molecule has 1 N–H and O–H groups in total. The monoisotopic (exact) mass is 365 g/mol. The van der Waals surface area contributed by atoms with Crippen LogP contribution in [0.4, 0.5) is 13.2 Å². The highest BCUT2D eigenvalue weighted by atomic mass is 79.9. The number of nitrogens with one attached hydrogen (secondary N) is 1. The molecule has 0 spiro atoms. The molecule has 1 amide bonds. The number of hydrogen-bond donors (Lipinski definition) is 1. The van der Waals surface area contributed by atoms with Gasteiger partial charge in [0, 0.05) is 17.4 Å². The summed E-state index contributed by atoms with van der Waals surface area (Å²) < 4.78 is 39.8. The summed E-state index contributed by atoms with van der Waals surface area (Å²) in [6.45, 7) is 0.595. The molecule has 0 unspecified atom stereocenters. The maximum absolute atomic E-state index is 12.0. The van der Waals surface area contributed by atoms with Crippen molar-refractivity contribution in [1.82, 2.24) is 5.32 Å². The molecular formula is C14H15BrF3NO2. The highest BCUT2D eigenvalue weighted by molar-refractivity contribution is 9.09.